The van der Waals surface area contributed by atoms with Crippen LogP contribution in [0.5, 0.6) is 0 Å². The molecule has 2 heterocycles. The Morgan fingerprint density at radius 1 is 1.55 bits per heavy atom. The zero-order chi connectivity index (χ0) is 16.4. The molecule has 22 heavy (non-hydrogen) atoms. The molecule has 1 atom stereocenters. The topological polar surface area (TPSA) is 73.4 Å². The molecule has 0 spiro atoms. The van der Waals surface area contributed by atoms with Crippen molar-refractivity contribution >= 4 is 5.91 Å². The molecule has 0 bridgehead atoms. The van der Waals surface area contributed by atoms with Crippen LogP contribution in [-0.2, 0) is 22.6 Å². The number of amides is 1. The first-order valence-corrected chi connectivity index (χ1v) is 6.89. The Hall–Kier alpha value is -1.61. The molecular weight excluding hydrogens is 301 g/mol. The minimum absolute atomic E-state index is 0.113. The van der Waals surface area contributed by atoms with Crippen LogP contribution in [0.4, 0.5) is 13.2 Å². The van der Waals surface area contributed by atoms with Gasteiger partial charge in [-0.05, 0) is 19.4 Å². The number of carbonyl (C=O) groups excluding carboxylic acids is 1. The fourth-order valence-electron chi connectivity index (χ4n) is 2.92. The summed E-state index contributed by atoms with van der Waals surface area (Å²) < 4.78 is 43.8. The molecule has 0 saturated carbocycles. The van der Waals surface area contributed by atoms with Gasteiger partial charge in [0.2, 0.25) is 5.91 Å². The molecule has 0 aliphatic carbocycles. The summed E-state index contributed by atoms with van der Waals surface area (Å²) in [5.41, 5.74) is 4.53. The third-order valence-electron chi connectivity index (χ3n) is 3.95. The van der Waals surface area contributed by atoms with E-state index in [2.05, 4.69) is 4.98 Å². The van der Waals surface area contributed by atoms with Gasteiger partial charge in [-0.3, -0.25) is 9.69 Å². The molecule has 1 fully saturated rings. The Bertz CT molecular complexity index is 532. The zero-order valence-electron chi connectivity index (χ0n) is 12.3. The van der Waals surface area contributed by atoms with Crippen molar-refractivity contribution in [2.75, 3.05) is 20.3 Å². The highest BCUT2D eigenvalue weighted by Crippen LogP contribution is 2.31. The van der Waals surface area contributed by atoms with Gasteiger partial charge in [0, 0.05) is 19.5 Å². The number of carbonyl (C=O) groups is 1. The fraction of sp³-hybridized carbons (Fsp3) is 0.692. The van der Waals surface area contributed by atoms with E-state index in [1.807, 2.05) is 0 Å². The van der Waals surface area contributed by atoms with Gasteiger partial charge in [0.15, 0.2) is 0 Å². The maximum atomic E-state index is 12.6. The van der Waals surface area contributed by atoms with Gasteiger partial charge >= 0.3 is 6.18 Å². The lowest BCUT2D eigenvalue weighted by Gasteiger charge is -2.34. The second-order valence-electron chi connectivity index (χ2n) is 5.44. The summed E-state index contributed by atoms with van der Waals surface area (Å²) in [5.74, 6) is -0.276. The molecule has 2 rings (SSSR count). The number of primary amides is 1. The van der Waals surface area contributed by atoms with Crippen molar-refractivity contribution in [3.8, 4) is 0 Å². The van der Waals surface area contributed by atoms with E-state index >= 15 is 0 Å². The summed E-state index contributed by atoms with van der Waals surface area (Å²) in [7, 11) is 1.46. The molecule has 6 nitrogen and oxygen atoms in total. The van der Waals surface area contributed by atoms with Gasteiger partial charge in [-0.2, -0.15) is 13.2 Å². The van der Waals surface area contributed by atoms with Crippen molar-refractivity contribution < 1.29 is 22.7 Å². The Labute approximate surface area is 126 Å². The second-order valence-corrected chi connectivity index (χ2v) is 5.44. The SMILES string of the molecule is COCC1(C(N)=O)CCCN1Cc1nccn1CC(F)(F)F. The van der Waals surface area contributed by atoms with Crippen LogP contribution >= 0.6 is 0 Å². The van der Waals surface area contributed by atoms with Gasteiger partial charge in [0.25, 0.3) is 0 Å². The lowest BCUT2D eigenvalue weighted by atomic mass is 9.96. The summed E-state index contributed by atoms with van der Waals surface area (Å²) in [6, 6.07) is 0. The normalized spacial score (nSPS) is 23.1. The highest BCUT2D eigenvalue weighted by atomic mass is 19.4. The first-order valence-electron chi connectivity index (χ1n) is 6.89. The lowest BCUT2D eigenvalue weighted by Crippen LogP contribution is -2.56. The molecular formula is C13H19F3N4O2. The number of nitrogens with zero attached hydrogens (tertiary/aromatic N) is 3. The molecule has 2 N–H and O–H groups in total. The average Bonchev–Trinajstić information content (AvgIpc) is 2.98. The van der Waals surface area contributed by atoms with E-state index in [9.17, 15) is 18.0 Å². The molecule has 1 unspecified atom stereocenters. The monoisotopic (exact) mass is 320 g/mol. The summed E-state index contributed by atoms with van der Waals surface area (Å²) in [6.45, 7) is -0.313. The smallest absolute Gasteiger partial charge is 0.382 e. The van der Waals surface area contributed by atoms with Crippen LogP contribution in [0.25, 0.3) is 0 Å². The fourth-order valence-corrected chi connectivity index (χ4v) is 2.92. The van der Waals surface area contributed by atoms with Gasteiger partial charge in [-0.1, -0.05) is 0 Å². The van der Waals surface area contributed by atoms with Crippen molar-refractivity contribution in [3.05, 3.63) is 18.2 Å². The highest BCUT2D eigenvalue weighted by molar-refractivity contribution is 5.85. The number of imidazole rings is 1. The maximum Gasteiger partial charge on any atom is 0.406 e. The van der Waals surface area contributed by atoms with Crippen molar-refractivity contribution in [3.63, 3.8) is 0 Å². The predicted octanol–water partition coefficient (Wildman–Crippen LogP) is 0.912. The average molecular weight is 320 g/mol. The van der Waals surface area contributed by atoms with Gasteiger partial charge in [0.05, 0.1) is 13.2 Å². The zero-order valence-corrected chi connectivity index (χ0v) is 12.3. The Balaban J connectivity index is 2.19. The van der Waals surface area contributed by atoms with Crippen LogP contribution in [0, 0.1) is 0 Å². The van der Waals surface area contributed by atoms with E-state index < -0.39 is 24.2 Å². The van der Waals surface area contributed by atoms with E-state index in [0.29, 0.717) is 13.0 Å². The van der Waals surface area contributed by atoms with Crippen LogP contribution < -0.4 is 5.73 Å². The number of rotatable bonds is 6. The van der Waals surface area contributed by atoms with E-state index in [-0.39, 0.29) is 19.0 Å². The van der Waals surface area contributed by atoms with E-state index in [1.165, 1.54) is 19.5 Å². The van der Waals surface area contributed by atoms with Crippen LogP contribution in [0.2, 0.25) is 0 Å². The maximum absolute atomic E-state index is 12.6. The Morgan fingerprint density at radius 3 is 2.86 bits per heavy atom. The number of aromatic nitrogens is 2. The van der Waals surface area contributed by atoms with Gasteiger partial charge < -0.3 is 15.0 Å². The summed E-state index contributed by atoms with van der Waals surface area (Å²) >= 11 is 0. The molecule has 0 radical (unpaired) electrons. The molecule has 1 saturated heterocycles. The molecule has 1 aromatic heterocycles. The first kappa shape index (κ1) is 16.8. The Kier molecular flexibility index (Phi) is 4.76. The van der Waals surface area contributed by atoms with Crippen LogP contribution in [0.3, 0.4) is 0 Å². The van der Waals surface area contributed by atoms with E-state index in [1.54, 1.807) is 4.90 Å². The van der Waals surface area contributed by atoms with Crippen LogP contribution in [-0.4, -0.2) is 52.3 Å². The van der Waals surface area contributed by atoms with Crippen LogP contribution in [0.1, 0.15) is 18.7 Å². The molecule has 0 aromatic carbocycles. The van der Waals surface area contributed by atoms with E-state index in [0.717, 1.165) is 11.0 Å². The summed E-state index contributed by atoms with van der Waals surface area (Å²) in [5, 5.41) is 0. The molecule has 9 heteroatoms. The second kappa shape index (κ2) is 6.25. The lowest BCUT2D eigenvalue weighted by molar-refractivity contribution is -0.142. The number of hydrogen-bond acceptors (Lipinski definition) is 4. The Morgan fingerprint density at radius 2 is 2.27 bits per heavy atom. The van der Waals surface area contributed by atoms with E-state index in [4.69, 9.17) is 10.5 Å². The van der Waals surface area contributed by atoms with Gasteiger partial charge in [0.1, 0.15) is 17.9 Å². The third kappa shape index (κ3) is 3.41. The minimum atomic E-state index is -4.33. The number of halogens is 3. The number of methoxy groups -OCH3 is 1. The van der Waals surface area contributed by atoms with Crippen molar-refractivity contribution in [2.24, 2.45) is 5.73 Å². The van der Waals surface area contributed by atoms with Gasteiger partial charge in [-0.15, -0.1) is 0 Å². The predicted molar refractivity (Wildman–Crippen MR) is 71.7 cm³/mol. The standard InChI is InChI=1S/C13H19F3N4O2/c1-22-9-12(11(17)21)3-2-5-20(12)7-10-18-4-6-19(10)8-13(14,15)16/h4,6H,2-3,5,7-9H2,1H3,(H2,17,21). The number of ether oxygens (including phenoxy) is 1. The van der Waals surface area contributed by atoms with Crippen molar-refractivity contribution in [1.82, 2.24) is 14.5 Å². The molecule has 124 valence electrons. The molecule has 1 aliphatic rings. The minimum Gasteiger partial charge on any atom is -0.382 e. The molecule has 1 amide bonds. The number of hydrogen-bond donors (Lipinski definition) is 1. The number of likely N-dealkylation sites (tertiary alicyclic amines) is 1. The highest BCUT2D eigenvalue weighted by Gasteiger charge is 2.46. The first-order chi connectivity index (χ1) is 10.3. The van der Waals surface area contributed by atoms with Crippen molar-refractivity contribution in [2.45, 2.75) is 37.6 Å². The number of nitrogens with two attached hydrogens (primary N) is 1. The molecule has 1 aliphatic heterocycles. The summed E-state index contributed by atoms with van der Waals surface area (Å²) in [6.07, 6.45) is -0.475. The largest absolute Gasteiger partial charge is 0.406 e. The van der Waals surface area contributed by atoms with Crippen molar-refractivity contribution in [1.29, 1.82) is 0 Å². The quantitative estimate of drug-likeness (QED) is 0.846. The van der Waals surface area contributed by atoms with Gasteiger partial charge in [-0.25, -0.2) is 4.98 Å². The third-order valence-corrected chi connectivity index (χ3v) is 3.95. The summed E-state index contributed by atoms with van der Waals surface area (Å²) in [4.78, 5) is 17.6. The molecule has 1 aromatic rings. The number of alkyl halides is 3. The van der Waals surface area contributed by atoms with Crippen LogP contribution in [0.15, 0.2) is 12.4 Å².